The van der Waals surface area contributed by atoms with Crippen molar-refractivity contribution < 1.29 is 17.7 Å². The number of nitrogens with zero attached hydrogens (tertiary/aromatic N) is 2. The third kappa shape index (κ3) is 7.37. The molecule has 30 heavy (non-hydrogen) atoms. The maximum Gasteiger partial charge on any atom is 0.191 e. The quantitative estimate of drug-likeness (QED) is 0.317. The van der Waals surface area contributed by atoms with E-state index in [4.69, 9.17) is 9.26 Å². The van der Waals surface area contributed by atoms with E-state index in [-0.39, 0.29) is 4.90 Å². The summed E-state index contributed by atoms with van der Waals surface area (Å²) in [6.45, 7) is 8.37. The summed E-state index contributed by atoms with van der Waals surface area (Å²) in [5.74, 6) is 2.42. The molecule has 1 aromatic carbocycles. The van der Waals surface area contributed by atoms with Gasteiger partial charge in [0.15, 0.2) is 21.6 Å². The van der Waals surface area contributed by atoms with Crippen LogP contribution in [0.4, 0.5) is 0 Å². The summed E-state index contributed by atoms with van der Waals surface area (Å²) in [6, 6.07) is 8.36. The Balaban J connectivity index is 1.84. The van der Waals surface area contributed by atoms with Crippen molar-refractivity contribution in [3.63, 3.8) is 0 Å². The van der Waals surface area contributed by atoms with Gasteiger partial charge in [-0.3, -0.25) is 0 Å². The molecule has 2 N–H and O–H groups in total. The monoisotopic (exact) mass is 436 g/mol. The summed E-state index contributed by atoms with van der Waals surface area (Å²) in [5.41, 5.74) is 0.985. The Morgan fingerprint density at radius 2 is 1.87 bits per heavy atom. The second-order valence-corrected chi connectivity index (χ2v) is 8.96. The zero-order chi connectivity index (χ0) is 22.0. The number of hydrogen-bond acceptors (Lipinski definition) is 6. The lowest BCUT2D eigenvalue weighted by Crippen LogP contribution is -2.39. The molecule has 166 valence electrons. The van der Waals surface area contributed by atoms with Crippen molar-refractivity contribution in [2.24, 2.45) is 4.99 Å². The molecule has 0 amide bonds. The van der Waals surface area contributed by atoms with Gasteiger partial charge in [0.2, 0.25) is 0 Å². The predicted molar refractivity (Wildman–Crippen MR) is 118 cm³/mol. The van der Waals surface area contributed by atoms with E-state index in [1.165, 1.54) is 18.4 Å². The van der Waals surface area contributed by atoms with Gasteiger partial charge in [-0.1, -0.05) is 19.0 Å². The Morgan fingerprint density at radius 1 is 1.17 bits per heavy atom. The Bertz CT molecular complexity index is 903. The van der Waals surface area contributed by atoms with E-state index in [2.05, 4.69) is 34.6 Å². The number of aromatic nitrogens is 1. The molecular weight excluding hydrogens is 404 g/mol. The lowest BCUT2D eigenvalue weighted by Gasteiger charge is -2.12. The van der Waals surface area contributed by atoms with Crippen LogP contribution in [0, 0.1) is 0 Å². The molecule has 1 aromatic heterocycles. The number of sulfone groups is 1. The number of guanidine groups is 1. The van der Waals surface area contributed by atoms with Crippen LogP contribution in [0.2, 0.25) is 0 Å². The Hall–Kier alpha value is -2.55. The van der Waals surface area contributed by atoms with E-state index in [9.17, 15) is 8.42 Å². The number of aliphatic imine (C=N–C) groups is 1. The molecule has 1 heterocycles. The van der Waals surface area contributed by atoms with E-state index in [0.717, 1.165) is 30.8 Å². The minimum Gasteiger partial charge on any atom is -0.492 e. The average molecular weight is 437 g/mol. The summed E-state index contributed by atoms with van der Waals surface area (Å²) in [4.78, 5) is 4.80. The van der Waals surface area contributed by atoms with Crippen LogP contribution in [0.5, 0.6) is 5.75 Å². The van der Waals surface area contributed by atoms with Crippen molar-refractivity contribution in [2.75, 3.05) is 26.0 Å². The lowest BCUT2D eigenvalue weighted by atomic mass is 9.99. The number of nitrogens with one attached hydrogen (secondary N) is 2. The highest BCUT2D eigenvalue weighted by Crippen LogP contribution is 2.22. The minimum absolute atomic E-state index is 0.273. The molecule has 0 radical (unpaired) electrons. The first kappa shape index (κ1) is 23.7. The van der Waals surface area contributed by atoms with Crippen LogP contribution in [0.3, 0.4) is 0 Å². The topological polar surface area (TPSA) is 106 Å². The van der Waals surface area contributed by atoms with Gasteiger partial charge in [0.1, 0.15) is 18.9 Å². The second kappa shape index (κ2) is 11.6. The molecule has 0 unspecified atom stereocenters. The molecule has 0 fully saturated rings. The summed E-state index contributed by atoms with van der Waals surface area (Å²) in [6.07, 6.45) is 3.25. The smallest absolute Gasteiger partial charge is 0.191 e. The van der Waals surface area contributed by atoms with Gasteiger partial charge in [-0.05, 0) is 44.0 Å². The van der Waals surface area contributed by atoms with E-state index < -0.39 is 9.84 Å². The lowest BCUT2D eigenvalue weighted by molar-refractivity contribution is 0.321. The van der Waals surface area contributed by atoms with E-state index in [1.54, 1.807) is 12.1 Å². The largest absolute Gasteiger partial charge is 0.492 e. The van der Waals surface area contributed by atoms with Crippen LogP contribution in [0.15, 0.2) is 44.7 Å². The Labute approximate surface area is 179 Å². The number of ether oxygens (including phenoxy) is 1. The maximum atomic E-state index is 11.5. The first-order valence-corrected chi connectivity index (χ1v) is 12.2. The van der Waals surface area contributed by atoms with Crippen molar-refractivity contribution in [1.82, 2.24) is 15.8 Å². The van der Waals surface area contributed by atoms with Crippen LogP contribution in [-0.2, 0) is 16.4 Å². The zero-order valence-electron chi connectivity index (χ0n) is 18.1. The average Bonchev–Trinajstić information content (AvgIpc) is 3.18. The highest BCUT2D eigenvalue weighted by molar-refractivity contribution is 7.90. The van der Waals surface area contributed by atoms with Crippen LogP contribution in [-0.4, -0.2) is 45.5 Å². The highest BCUT2D eigenvalue weighted by atomic mass is 32.2. The minimum atomic E-state index is -3.20. The van der Waals surface area contributed by atoms with Crippen LogP contribution in [0.1, 0.15) is 51.0 Å². The first-order valence-electron chi connectivity index (χ1n) is 10.3. The van der Waals surface area contributed by atoms with E-state index in [1.807, 2.05) is 13.0 Å². The van der Waals surface area contributed by atoms with Gasteiger partial charge < -0.3 is 19.9 Å². The SMILES string of the molecule is CCNC(=NCc1cc(C(CC)CC)no1)NCCOc1ccc(S(C)(=O)=O)cc1. The van der Waals surface area contributed by atoms with E-state index >= 15 is 0 Å². The normalized spacial score (nSPS) is 12.2. The molecule has 0 aliphatic carbocycles. The van der Waals surface area contributed by atoms with Crippen LogP contribution >= 0.6 is 0 Å². The molecule has 0 saturated carbocycles. The van der Waals surface area contributed by atoms with Crippen LogP contribution in [0.25, 0.3) is 0 Å². The van der Waals surface area contributed by atoms with Crippen molar-refractivity contribution in [3.8, 4) is 5.75 Å². The van der Waals surface area contributed by atoms with Crippen molar-refractivity contribution in [3.05, 3.63) is 41.8 Å². The van der Waals surface area contributed by atoms with Gasteiger partial charge >= 0.3 is 0 Å². The molecule has 2 aromatic rings. The van der Waals surface area contributed by atoms with Gasteiger partial charge in [0, 0.05) is 24.8 Å². The molecule has 0 atom stereocenters. The fraction of sp³-hybridized carbons (Fsp3) is 0.524. The molecular formula is C21H32N4O4S. The van der Waals surface area contributed by atoms with Crippen molar-refractivity contribution in [1.29, 1.82) is 0 Å². The standard InChI is InChI=1S/C21H32N4O4S/c1-5-16(6-2)20-14-18(29-25-20)15-24-21(22-7-3)23-12-13-28-17-8-10-19(11-9-17)30(4,26)27/h8-11,14,16H,5-7,12-13,15H2,1-4H3,(H2,22,23,24). The third-order valence-corrected chi connectivity index (χ3v) is 5.76. The van der Waals surface area contributed by atoms with Crippen molar-refractivity contribution >= 4 is 15.8 Å². The predicted octanol–water partition coefficient (Wildman–Crippen LogP) is 3.12. The van der Waals surface area contributed by atoms with Crippen molar-refractivity contribution in [2.45, 2.75) is 51.0 Å². The Kier molecular flexibility index (Phi) is 9.16. The number of hydrogen-bond donors (Lipinski definition) is 2. The molecule has 0 saturated heterocycles. The first-order chi connectivity index (χ1) is 14.4. The third-order valence-electron chi connectivity index (χ3n) is 4.63. The number of benzene rings is 1. The van der Waals surface area contributed by atoms with Gasteiger partial charge in [-0.15, -0.1) is 0 Å². The maximum absolute atomic E-state index is 11.5. The number of rotatable bonds is 11. The molecule has 2 rings (SSSR count). The molecule has 0 aliphatic rings. The molecule has 8 nitrogen and oxygen atoms in total. The molecule has 0 aliphatic heterocycles. The molecule has 0 bridgehead atoms. The molecule has 9 heteroatoms. The second-order valence-electron chi connectivity index (χ2n) is 6.95. The van der Waals surface area contributed by atoms with Gasteiger partial charge in [-0.25, -0.2) is 13.4 Å². The zero-order valence-corrected chi connectivity index (χ0v) is 19.0. The molecule has 0 spiro atoms. The van der Waals surface area contributed by atoms with Crippen LogP contribution < -0.4 is 15.4 Å². The van der Waals surface area contributed by atoms with E-state index in [0.29, 0.717) is 37.3 Å². The summed E-state index contributed by atoms with van der Waals surface area (Å²) < 4.78 is 34.0. The Morgan fingerprint density at radius 3 is 2.47 bits per heavy atom. The fourth-order valence-corrected chi connectivity index (χ4v) is 3.55. The summed E-state index contributed by atoms with van der Waals surface area (Å²) in [7, 11) is -3.20. The summed E-state index contributed by atoms with van der Waals surface area (Å²) >= 11 is 0. The van der Waals surface area contributed by atoms with Gasteiger partial charge in [-0.2, -0.15) is 0 Å². The van der Waals surface area contributed by atoms with Gasteiger partial charge in [0.25, 0.3) is 0 Å². The summed E-state index contributed by atoms with van der Waals surface area (Å²) in [5, 5.41) is 10.6. The highest BCUT2D eigenvalue weighted by Gasteiger charge is 2.13. The fourth-order valence-electron chi connectivity index (χ4n) is 2.92. The van der Waals surface area contributed by atoms with Gasteiger partial charge in [0.05, 0.1) is 17.1 Å².